The molecule has 2 nitrogen and oxygen atoms in total. The largest absolute Gasteiger partial charge is 0.322 e. The predicted octanol–water partition coefficient (Wildman–Crippen LogP) is 4.53. The number of nitrogens with two attached hydrogens (primary N) is 1. The Kier molecular flexibility index (Phi) is 3.32. The molecule has 2 aromatic rings. The van der Waals surface area contributed by atoms with Gasteiger partial charge in [-0.05, 0) is 37.0 Å². The van der Waals surface area contributed by atoms with Gasteiger partial charge in [0.1, 0.15) is 5.01 Å². The van der Waals surface area contributed by atoms with Crippen LogP contribution in [-0.2, 0) is 0 Å². The number of thiazole rings is 1. The van der Waals surface area contributed by atoms with E-state index < -0.39 is 0 Å². The molecule has 0 amide bonds. The fraction of sp³-hybridized carbons (Fsp3) is 0.308. The lowest BCUT2D eigenvalue weighted by Crippen LogP contribution is -2.11. The third kappa shape index (κ3) is 2.41. The van der Waals surface area contributed by atoms with Crippen molar-refractivity contribution in [3.63, 3.8) is 0 Å². The standard InChI is InChI=1S/C13H12Cl2N2S/c14-8-3-4-9(10(15)5-8)11-6-18-13(17-11)12(16)7-1-2-7/h3-7,12H,1-2,16H2. The summed E-state index contributed by atoms with van der Waals surface area (Å²) in [6.45, 7) is 0. The van der Waals surface area contributed by atoms with Gasteiger partial charge in [-0.1, -0.05) is 23.2 Å². The summed E-state index contributed by atoms with van der Waals surface area (Å²) in [5.41, 5.74) is 7.94. The highest BCUT2D eigenvalue weighted by atomic mass is 35.5. The highest BCUT2D eigenvalue weighted by Crippen LogP contribution is 2.41. The Balaban J connectivity index is 1.92. The van der Waals surface area contributed by atoms with Gasteiger partial charge in [0.2, 0.25) is 0 Å². The first-order valence-electron chi connectivity index (χ1n) is 5.81. The molecule has 2 N–H and O–H groups in total. The average Bonchev–Trinajstić information content (AvgIpc) is 3.07. The Morgan fingerprint density at radius 2 is 2.11 bits per heavy atom. The van der Waals surface area contributed by atoms with Gasteiger partial charge in [-0.3, -0.25) is 0 Å². The third-order valence-corrected chi connectivity index (χ3v) is 4.64. The second-order valence-electron chi connectivity index (χ2n) is 4.56. The lowest BCUT2D eigenvalue weighted by molar-refractivity contribution is 0.629. The van der Waals surface area contributed by atoms with E-state index >= 15 is 0 Å². The molecule has 1 unspecified atom stereocenters. The van der Waals surface area contributed by atoms with E-state index in [-0.39, 0.29) is 6.04 Å². The van der Waals surface area contributed by atoms with Crippen molar-refractivity contribution < 1.29 is 0 Å². The Morgan fingerprint density at radius 1 is 1.33 bits per heavy atom. The number of halogens is 2. The molecule has 1 fully saturated rings. The van der Waals surface area contributed by atoms with E-state index in [1.165, 1.54) is 12.8 Å². The van der Waals surface area contributed by atoms with Crippen molar-refractivity contribution in [3.8, 4) is 11.3 Å². The number of hydrogen-bond donors (Lipinski definition) is 1. The normalized spacial score (nSPS) is 16.8. The van der Waals surface area contributed by atoms with Crippen LogP contribution in [0.15, 0.2) is 23.6 Å². The summed E-state index contributed by atoms with van der Waals surface area (Å²) in [4.78, 5) is 4.60. The quantitative estimate of drug-likeness (QED) is 0.904. The number of rotatable bonds is 3. The summed E-state index contributed by atoms with van der Waals surface area (Å²) in [6.07, 6.45) is 2.44. The number of hydrogen-bond acceptors (Lipinski definition) is 3. The van der Waals surface area contributed by atoms with Crippen LogP contribution in [-0.4, -0.2) is 4.98 Å². The van der Waals surface area contributed by atoms with Crippen molar-refractivity contribution in [1.82, 2.24) is 4.98 Å². The van der Waals surface area contributed by atoms with E-state index in [9.17, 15) is 0 Å². The fourth-order valence-electron chi connectivity index (χ4n) is 1.92. The first-order valence-corrected chi connectivity index (χ1v) is 7.45. The summed E-state index contributed by atoms with van der Waals surface area (Å²) in [6, 6.07) is 5.53. The number of nitrogens with zero attached hydrogens (tertiary/aromatic N) is 1. The first-order chi connectivity index (χ1) is 8.65. The van der Waals surface area contributed by atoms with Gasteiger partial charge in [-0.15, -0.1) is 11.3 Å². The van der Waals surface area contributed by atoms with Crippen molar-refractivity contribution in [2.75, 3.05) is 0 Å². The molecule has 0 radical (unpaired) electrons. The Bertz CT molecular complexity index is 578. The second-order valence-corrected chi connectivity index (χ2v) is 6.29. The lowest BCUT2D eigenvalue weighted by Gasteiger charge is -2.05. The number of aromatic nitrogens is 1. The summed E-state index contributed by atoms with van der Waals surface area (Å²) < 4.78 is 0. The van der Waals surface area contributed by atoms with Crippen LogP contribution >= 0.6 is 34.5 Å². The molecule has 1 aromatic carbocycles. The van der Waals surface area contributed by atoms with E-state index in [0.29, 0.717) is 16.0 Å². The maximum atomic E-state index is 6.18. The van der Waals surface area contributed by atoms with Gasteiger partial charge in [0, 0.05) is 16.0 Å². The summed E-state index contributed by atoms with van der Waals surface area (Å²) in [5.74, 6) is 0.615. The van der Waals surface area contributed by atoms with Crippen molar-refractivity contribution in [3.05, 3.63) is 38.6 Å². The van der Waals surface area contributed by atoms with Crippen LogP contribution in [0.25, 0.3) is 11.3 Å². The van der Waals surface area contributed by atoms with Crippen LogP contribution in [0.1, 0.15) is 23.9 Å². The third-order valence-electron chi connectivity index (χ3n) is 3.14. The van der Waals surface area contributed by atoms with Crippen LogP contribution in [0.4, 0.5) is 0 Å². The van der Waals surface area contributed by atoms with Gasteiger partial charge in [0.05, 0.1) is 16.8 Å². The Morgan fingerprint density at radius 3 is 2.78 bits per heavy atom. The summed E-state index contributed by atoms with van der Waals surface area (Å²) in [7, 11) is 0. The van der Waals surface area contributed by atoms with Crippen molar-refractivity contribution >= 4 is 34.5 Å². The topological polar surface area (TPSA) is 38.9 Å². The summed E-state index contributed by atoms with van der Waals surface area (Å²) >= 11 is 13.7. The molecule has 5 heteroatoms. The van der Waals surface area contributed by atoms with E-state index in [1.807, 2.05) is 17.5 Å². The zero-order chi connectivity index (χ0) is 12.7. The highest BCUT2D eigenvalue weighted by molar-refractivity contribution is 7.10. The smallest absolute Gasteiger partial charge is 0.110 e. The number of benzene rings is 1. The van der Waals surface area contributed by atoms with Crippen molar-refractivity contribution in [1.29, 1.82) is 0 Å². The van der Waals surface area contributed by atoms with E-state index in [4.69, 9.17) is 28.9 Å². The van der Waals surface area contributed by atoms with Gasteiger partial charge in [0.15, 0.2) is 0 Å². The molecule has 3 rings (SSSR count). The van der Waals surface area contributed by atoms with Crippen LogP contribution in [0.3, 0.4) is 0 Å². The fourth-order valence-corrected chi connectivity index (χ4v) is 3.34. The predicted molar refractivity (Wildman–Crippen MR) is 77.2 cm³/mol. The maximum Gasteiger partial charge on any atom is 0.110 e. The molecule has 0 spiro atoms. The van der Waals surface area contributed by atoms with E-state index in [0.717, 1.165) is 16.3 Å². The zero-order valence-corrected chi connectivity index (χ0v) is 11.9. The maximum absolute atomic E-state index is 6.18. The molecule has 1 aliphatic rings. The molecule has 1 heterocycles. The van der Waals surface area contributed by atoms with Crippen molar-refractivity contribution in [2.24, 2.45) is 11.7 Å². The minimum atomic E-state index is 0.0785. The SMILES string of the molecule is NC(c1nc(-c2ccc(Cl)cc2Cl)cs1)C1CC1. The molecule has 1 saturated carbocycles. The molecule has 0 saturated heterocycles. The van der Waals surface area contributed by atoms with Crippen LogP contribution in [0.5, 0.6) is 0 Å². The Hall–Kier alpha value is -0.610. The van der Waals surface area contributed by atoms with Gasteiger partial charge in [0.25, 0.3) is 0 Å². The monoisotopic (exact) mass is 298 g/mol. The van der Waals surface area contributed by atoms with Gasteiger partial charge < -0.3 is 5.73 Å². The Labute approximate surface area is 120 Å². The molecular weight excluding hydrogens is 287 g/mol. The van der Waals surface area contributed by atoms with Crippen molar-refractivity contribution in [2.45, 2.75) is 18.9 Å². The zero-order valence-electron chi connectivity index (χ0n) is 9.57. The molecule has 1 atom stereocenters. The van der Waals surface area contributed by atoms with Crippen LogP contribution < -0.4 is 5.73 Å². The van der Waals surface area contributed by atoms with Gasteiger partial charge >= 0.3 is 0 Å². The first kappa shape index (κ1) is 12.4. The lowest BCUT2D eigenvalue weighted by atomic mass is 10.1. The second kappa shape index (κ2) is 4.82. The highest BCUT2D eigenvalue weighted by Gasteiger charge is 2.31. The average molecular weight is 299 g/mol. The molecular formula is C13H12Cl2N2S. The molecule has 94 valence electrons. The van der Waals surface area contributed by atoms with Gasteiger partial charge in [-0.25, -0.2) is 4.98 Å². The minimum Gasteiger partial charge on any atom is -0.322 e. The molecule has 1 aliphatic carbocycles. The summed E-state index contributed by atoms with van der Waals surface area (Å²) in [5, 5.41) is 4.26. The van der Waals surface area contributed by atoms with Crippen LogP contribution in [0, 0.1) is 5.92 Å². The molecule has 1 aromatic heterocycles. The molecule has 0 bridgehead atoms. The van der Waals surface area contributed by atoms with Crippen LogP contribution in [0.2, 0.25) is 10.0 Å². The van der Waals surface area contributed by atoms with Gasteiger partial charge in [-0.2, -0.15) is 0 Å². The molecule has 18 heavy (non-hydrogen) atoms. The molecule has 0 aliphatic heterocycles. The van der Waals surface area contributed by atoms with E-state index in [1.54, 1.807) is 17.4 Å². The van der Waals surface area contributed by atoms with E-state index in [2.05, 4.69) is 4.98 Å². The minimum absolute atomic E-state index is 0.0785.